The van der Waals surface area contributed by atoms with E-state index in [9.17, 15) is 9.59 Å². The van der Waals surface area contributed by atoms with Crippen LogP contribution in [0.1, 0.15) is 5.56 Å². The molecule has 5 heteroatoms. The summed E-state index contributed by atoms with van der Waals surface area (Å²) in [5.74, 6) is -0.684. The third-order valence-electron chi connectivity index (χ3n) is 1.93. The quantitative estimate of drug-likeness (QED) is 0.716. The van der Waals surface area contributed by atoms with Gasteiger partial charge in [0.25, 0.3) is 5.91 Å². The number of nitrogens with one attached hydrogen (secondary N) is 1. The zero-order valence-electron chi connectivity index (χ0n) is 8.90. The number of phenolic OH excluding ortho intramolecular Hbond substituents is 1. The molecule has 5 nitrogen and oxygen atoms in total. The van der Waals surface area contributed by atoms with E-state index in [1.54, 1.807) is 12.1 Å². The molecule has 0 aromatic heterocycles. The fraction of sp³-hybridized carbons (Fsp3) is 0.273. The Morgan fingerprint density at radius 3 is 2.50 bits per heavy atom. The lowest BCUT2D eigenvalue weighted by atomic mass is 10.1. The highest BCUT2D eigenvalue weighted by molar-refractivity contribution is 5.80. The molecule has 86 valence electrons. The summed E-state index contributed by atoms with van der Waals surface area (Å²) in [6.45, 7) is -0.270. The number of carbonyl (C=O) groups excluding carboxylic acids is 2. The smallest absolute Gasteiger partial charge is 0.310 e. The Hall–Kier alpha value is -2.04. The van der Waals surface area contributed by atoms with Crippen LogP contribution in [0.25, 0.3) is 0 Å². The van der Waals surface area contributed by atoms with Gasteiger partial charge >= 0.3 is 5.97 Å². The van der Waals surface area contributed by atoms with E-state index in [0.29, 0.717) is 0 Å². The Morgan fingerprint density at radius 2 is 1.94 bits per heavy atom. The molecule has 0 unspecified atom stereocenters. The Labute approximate surface area is 93.0 Å². The van der Waals surface area contributed by atoms with Crippen LogP contribution in [0, 0.1) is 0 Å². The second kappa shape index (κ2) is 5.75. The number of aromatic hydroxyl groups is 1. The zero-order valence-corrected chi connectivity index (χ0v) is 8.90. The number of hydrogen-bond acceptors (Lipinski definition) is 4. The number of esters is 1. The molecular weight excluding hydrogens is 210 g/mol. The van der Waals surface area contributed by atoms with E-state index in [2.05, 4.69) is 5.32 Å². The minimum Gasteiger partial charge on any atom is -0.508 e. The summed E-state index contributed by atoms with van der Waals surface area (Å²) in [5, 5.41) is 11.4. The average Bonchev–Trinajstić information content (AvgIpc) is 2.29. The molecule has 0 aliphatic rings. The monoisotopic (exact) mass is 223 g/mol. The van der Waals surface area contributed by atoms with E-state index in [-0.39, 0.29) is 24.7 Å². The van der Waals surface area contributed by atoms with Gasteiger partial charge < -0.3 is 15.2 Å². The van der Waals surface area contributed by atoms with Gasteiger partial charge in [-0.25, -0.2) is 0 Å². The van der Waals surface area contributed by atoms with Gasteiger partial charge in [0, 0.05) is 7.05 Å². The number of likely N-dealkylation sites (N-methyl/N-ethyl adjacent to an activating group) is 1. The van der Waals surface area contributed by atoms with Crippen LogP contribution < -0.4 is 5.32 Å². The van der Waals surface area contributed by atoms with Crippen molar-refractivity contribution in [3.63, 3.8) is 0 Å². The van der Waals surface area contributed by atoms with E-state index < -0.39 is 5.97 Å². The van der Waals surface area contributed by atoms with Gasteiger partial charge in [0.05, 0.1) is 6.42 Å². The topological polar surface area (TPSA) is 75.6 Å². The third-order valence-corrected chi connectivity index (χ3v) is 1.93. The Bertz CT molecular complexity index is 372. The predicted molar refractivity (Wildman–Crippen MR) is 56.8 cm³/mol. The first-order chi connectivity index (χ1) is 7.61. The molecular formula is C11H13NO4. The molecule has 0 saturated heterocycles. The van der Waals surface area contributed by atoms with Crippen molar-refractivity contribution in [3.05, 3.63) is 29.8 Å². The van der Waals surface area contributed by atoms with Gasteiger partial charge in [0.2, 0.25) is 0 Å². The second-order valence-corrected chi connectivity index (χ2v) is 3.18. The molecule has 0 aliphatic heterocycles. The minimum atomic E-state index is -0.478. The molecule has 1 aromatic carbocycles. The van der Waals surface area contributed by atoms with Crippen molar-refractivity contribution in [3.8, 4) is 5.75 Å². The van der Waals surface area contributed by atoms with Gasteiger partial charge in [0.1, 0.15) is 5.75 Å². The standard InChI is InChI=1S/C11H13NO4/c1-12-10(14)7-16-11(15)6-8-2-4-9(13)5-3-8/h2-5,13H,6-7H2,1H3,(H,12,14). The highest BCUT2D eigenvalue weighted by Crippen LogP contribution is 2.10. The summed E-state index contributed by atoms with van der Waals surface area (Å²) in [4.78, 5) is 22.0. The van der Waals surface area contributed by atoms with E-state index in [0.717, 1.165) is 5.56 Å². The number of amides is 1. The average molecular weight is 223 g/mol. The van der Waals surface area contributed by atoms with Crippen LogP contribution in [-0.2, 0) is 20.7 Å². The maximum atomic E-state index is 11.3. The lowest BCUT2D eigenvalue weighted by Gasteiger charge is -2.03. The summed E-state index contributed by atoms with van der Waals surface area (Å²) in [6, 6.07) is 6.22. The molecule has 0 atom stereocenters. The molecule has 2 N–H and O–H groups in total. The van der Waals surface area contributed by atoms with Crippen molar-refractivity contribution < 1.29 is 19.4 Å². The highest BCUT2D eigenvalue weighted by Gasteiger charge is 2.07. The summed E-state index contributed by atoms with van der Waals surface area (Å²) >= 11 is 0. The first-order valence-corrected chi connectivity index (χ1v) is 4.76. The summed E-state index contributed by atoms with van der Waals surface area (Å²) in [7, 11) is 1.47. The van der Waals surface area contributed by atoms with Crippen molar-refractivity contribution in [1.82, 2.24) is 5.32 Å². The first kappa shape index (κ1) is 12.0. The van der Waals surface area contributed by atoms with Gasteiger partial charge in [-0.2, -0.15) is 0 Å². The molecule has 0 radical (unpaired) electrons. The van der Waals surface area contributed by atoms with E-state index in [1.165, 1.54) is 19.2 Å². The van der Waals surface area contributed by atoms with Crippen LogP contribution in [0.3, 0.4) is 0 Å². The van der Waals surface area contributed by atoms with Gasteiger partial charge in [-0.1, -0.05) is 12.1 Å². The normalized spacial score (nSPS) is 9.56. The molecule has 0 spiro atoms. The van der Waals surface area contributed by atoms with Crippen LogP contribution >= 0.6 is 0 Å². The van der Waals surface area contributed by atoms with Crippen molar-refractivity contribution in [2.75, 3.05) is 13.7 Å². The summed E-state index contributed by atoms with van der Waals surface area (Å²) < 4.78 is 4.72. The van der Waals surface area contributed by atoms with Crippen molar-refractivity contribution in [2.45, 2.75) is 6.42 Å². The van der Waals surface area contributed by atoms with Crippen LogP contribution in [0.15, 0.2) is 24.3 Å². The number of carbonyl (C=O) groups is 2. The molecule has 0 fully saturated rings. The lowest BCUT2D eigenvalue weighted by molar-refractivity contribution is -0.147. The third kappa shape index (κ3) is 4.00. The molecule has 16 heavy (non-hydrogen) atoms. The van der Waals surface area contributed by atoms with Crippen molar-refractivity contribution in [2.24, 2.45) is 0 Å². The lowest BCUT2D eigenvalue weighted by Crippen LogP contribution is -2.25. The van der Waals surface area contributed by atoms with Crippen LogP contribution in [0.5, 0.6) is 5.75 Å². The molecule has 0 bridgehead atoms. The molecule has 1 rings (SSSR count). The van der Waals surface area contributed by atoms with Gasteiger partial charge in [-0.15, -0.1) is 0 Å². The Morgan fingerprint density at radius 1 is 1.31 bits per heavy atom. The summed E-state index contributed by atoms with van der Waals surface area (Å²) in [5.41, 5.74) is 0.722. The van der Waals surface area contributed by atoms with E-state index in [4.69, 9.17) is 9.84 Å². The fourth-order valence-corrected chi connectivity index (χ4v) is 1.05. The number of ether oxygens (including phenoxy) is 1. The van der Waals surface area contributed by atoms with E-state index in [1.807, 2.05) is 0 Å². The van der Waals surface area contributed by atoms with Gasteiger partial charge in [0.15, 0.2) is 6.61 Å². The van der Waals surface area contributed by atoms with Gasteiger partial charge in [-0.05, 0) is 17.7 Å². The number of phenols is 1. The SMILES string of the molecule is CNC(=O)COC(=O)Cc1ccc(O)cc1. The van der Waals surface area contributed by atoms with Gasteiger partial charge in [-0.3, -0.25) is 9.59 Å². The Balaban J connectivity index is 2.40. The molecule has 1 amide bonds. The molecule has 0 aliphatic carbocycles. The maximum absolute atomic E-state index is 11.3. The molecule has 0 heterocycles. The van der Waals surface area contributed by atoms with Crippen LogP contribution in [-0.4, -0.2) is 30.6 Å². The Kier molecular flexibility index (Phi) is 4.32. The van der Waals surface area contributed by atoms with Crippen molar-refractivity contribution >= 4 is 11.9 Å². The van der Waals surface area contributed by atoms with Crippen LogP contribution in [0.2, 0.25) is 0 Å². The fourth-order valence-electron chi connectivity index (χ4n) is 1.05. The number of hydrogen-bond donors (Lipinski definition) is 2. The van der Waals surface area contributed by atoms with E-state index >= 15 is 0 Å². The predicted octanol–water partition coefficient (Wildman–Crippen LogP) is 0.224. The molecule has 1 aromatic rings. The second-order valence-electron chi connectivity index (χ2n) is 3.18. The highest BCUT2D eigenvalue weighted by atomic mass is 16.5. The first-order valence-electron chi connectivity index (χ1n) is 4.76. The number of benzene rings is 1. The largest absolute Gasteiger partial charge is 0.508 e. The zero-order chi connectivity index (χ0) is 12.0. The minimum absolute atomic E-state index is 0.0806. The summed E-state index contributed by atoms with van der Waals surface area (Å²) in [6.07, 6.45) is 0.0806. The molecule has 0 saturated carbocycles. The maximum Gasteiger partial charge on any atom is 0.310 e. The number of rotatable bonds is 4. The van der Waals surface area contributed by atoms with Crippen molar-refractivity contribution in [1.29, 1.82) is 0 Å². The van der Waals surface area contributed by atoms with Crippen LogP contribution in [0.4, 0.5) is 0 Å².